The minimum absolute atomic E-state index is 0.148. The second-order valence-electron chi connectivity index (χ2n) is 8.02. The number of halogens is 1. The SMILES string of the molecule is CN1CCN(c2ccccc2NC(=O)[C@H]2CCCN2S(=O)(=O)c2ccc(Cl)cc2)CC1. The number of amides is 1. The smallest absolute Gasteiger partial charge is 0.243 e. The number of carbonyl (C=O) groups is 1. The Balaban J connectivity index is 1.53. The summed E-state index contributed by atoms with van der Waals surface area (Å²) in [5.74, 6) is -0.295. The first-order valence-electron chi connectivity index (χ1n) is 10.5. The highest BCUT2D eigenvalue weighted by Crippen LogP contribution is 2.30. The minimum atomic E-state index is -3.78. The van der Waals surface area contributed by atoms with Crippen LogP contribution in [-0.4, -0.2) is 69.3 Å². The lowest BCUT2D eigenvalue weighted by Gasteiger charge is -2.35. The number of anilines is 2. The van der Waals surface area contributed by atoms with Gasteiger partial charge < -0.3 is 15.1 Å². The molecule has 2 aromatic rings. The summed E-state index contributed by atoms with van der Waals surface area (Å²) in [5, 5.41) is 3.47. The number of carbonyl (C=O) groups excluding carboxylic acids is 1. The first-order valence-corrected chi connectivity index (χ1v) is 12.3. The lowest BCUT2D eigenvalue weighted by Crippen LogP contribution is -2.45. The molecule has 1 atom stereocenters. The van der Waals surface area contributed by atoms with Crippen molar-refractivity contribution in [2.75, 3.05) is 50.0 Å². The highest BCUT2D eigenvalue weighted by Gasteiger charge is 2.39. The fourth-order valence-electron chi connectivity index (χ4n) is 4.15. The lowest BCUT2D eigenvalue weighted by molar-refractivity contribution is -0.119. The molecule has 0 spiro atoms. The summed E-state index contributed by atoms with van der Waals surface area (Å²) in [6.07, 6.45) is 1.14. The van der Waals surface area contributed by atoms with Crippen LogP contribution in [-0.2, 0) is 14.8 Å². The molecule has 9 heteroatoms. The molecule has 1 amide bonds. The number of sulfonamides is 1. The van der Waals surface area contributed by atoms with Crippen LogP contribution in [0.25, 0.3) is 0 Å². The van der Waals surface area contributed by atoms with Gasteiger partial charge in [-0.05, 0) is 56.3 Å². The van der Waals surface area contributed by atoms with Gasteiger partial charge in [0.15, 0.2) is 0 Å². The van der Waals surface area contributed by atoms with Crippen LogP contribution < -0.4 is 10.2 Å². The van der Waals surface area contributed by atoms with E-state index >= 15 is 0 Å². The second kappa shape index (κ2) is 9.16. The summed E-state index contributed by atoms with van der Waals surface area (Å²) in [5.41, 5.74) is 1.68. The number of nitrogens with one attached hydrogen (secondary N) is 1. The molecule has 2 aliphatic rings. The van der Waals surface area contributed by atoms with E-state index in [9.17, 15) is 13.2 Å². The molecule has 2 aromatic carbocycles. The van der Waals surface area contributed by atoms with Crippen molar-refractivity contribution < 1.29 is 13.2 Å². The topological polar surface area (TPSA) is 73.0 Å². The van der Waals surface area contributed by atoms with Gasteiger partial charge in [-0.3, -0.25) is 4.79 Å². The van der Waals surface area contributed by atoms with Crippen LogP contribution in [0.3, 0.4) is 0 Å². The predicted octanol–water partition coefficient (Wildman–Crippen LogP) is 2.88. The molecule has 7 nitrogen and oxygen atoms in total. The Hall–Kier alpha value is -2.13. The zero-order chi connectivity index (χ0) is 22.0. The molecule has 166 valence electrons. The van der Waals surface area contributed by atoms with Crippen LogP contribution in [0, 0.1) is 0 Å². The Bertz CT molecular complexity index is 1040. The first kappa shape index (κ1) is 22.1. The molecule has 0 unspecified atom stereocenters. The largest absolute Gasteiger partial charge is 0.367 e. The quantitative estimate of drug-likeness (QED) is 0.739. The van der Waals surface area contributed by atoms with Gasteiger partial charge in [-0.15, -0.1) is 0 Å². The van der Waals surface area contributed by atoms with Crippen LogP contribution in [0.2, 0.25) is 5.02 Å². The maximum absolute atomic E-state index is 13.2. The van der Waals surface area contributed by atoms with Crippen molar-refractivity contribution in [3.63, 3.8) is 0 Å². The number of hydrogen-bond acceptors (Lipinski definition) is 5. The van der Waals surface area contributed by atoms with E-state index in [-0.39, 0.29) is 10.8 Å². The van der Waals surface area contributed by atoms with Crippen LogP contribution in [0.15, 0.2) is 53.4 Å². The minimum Gasteiger partial charge on any atom is -0.367 e. The van der Waals surface area contributed by atoms with Crippen molar-refractivity contribution in [2.24, 2.45) is 0 Å². The zero-order valence-electron chi connectivity index (χ0n) is 17.5. The monoisotopic (exact) mass is 462 g/mol. The van der Waals surface area contributed by atoms with Gasteiger partial charge in [0, 0.05) is 37.7 Å². The third kappa shape index (κ3) is 4.72. The van der Waals surface area contributed by atoms with Crippen molar-refractivity contribution in [1.29, 1.82) is 0 Å². The number of para-hydroxylation sites is 2. The van der Waals surface area contributed by atoms with Crippen molar-refractivity contribution >= 4 is 38.9 Å². The van der Waals surface area contributed by atoms with E-state index in [1.165, 1.54) is 16.4 Å². The van der Waals surface area contributed by atoms with E-state index < -0.39 is 16.1 Å². The number of likely N-dealkylation sites (N-methyl/N-ethyl adjacent to an activating group) is 1. The molecule has 0 radical (unpaired) electrons. The van der Waals surface area contributed by atoms with Crippen LogP contribution in [0.4, 0.5) is 11.4 Å². The maximum atomic E-state index is 13.2. The molecule has 0 aromatic heterocycles. The average molecular weight is 463 g/mol. The van der Waals surface area contributed by atoms with Gasteiger partial charge in [0.05, 0.1) is 16.3 Å². The van der Waals surface area contributed by atoms with Gasteiger partial charge >= 0.3 is 0 Å². The molecule has 2 fully saturated rings. The maximum Gasteiger partial charge on any atom is 0.243 e. The number of nitrogens with zero attached hydrogens (tertiary/aromatic N) is 3. The molecule has 0 bridgehead atoms. The number of rotatable bonds is 5. The Morgan fingerprint density at radius 3 is 2.39 bits per heavy atom. The van der Waals surface area contributed by atoms with Crippen molar-refractivity contribution in [1.82, 2.24) is 9.21 Å². The second-order valence-corrected chi connectivity index (χ2v) is 10.4. The third-order valence-electron chi connectivity index (χ3n) is 5.93. The molecule has 2 aliphatic heterocycles. The van der Waals surface area contributed by atoms with E-state index in [1.54, 1.807) is 12.1 Å². The van der Waals surface area contributed by atoms with Crippen molar-refractivity contribution in [3.8, 4) is 0 Å². The van der Waals surface area contributed by atoms with Gasteiger partial charge in [-0.1, -0.05) is 23.7 Å². The molecule has 1 N–H and O–H groups in total. The van der Waals surface area contributed by atoms with Gasteiger partial charge in [0.25, 0.3) is 0 Å². The molecule has 4 rings (SSSR count). The van der Waals surface area contributed by atoms with Crippen LogP contribution >= 0.6 is 11.6 Å². The molecule has 0 aliphatic carbocycles. The highest BCUT2D eigenvalue weighted by molar-refractivity contribution is 7.89. The standard InChI is InChI=1S/C22H27ClN4O3S/c1-25-13-15-26(16-14-25)20-6-3-2-5-19(20)24-22(28)21-7-4-12-27(21)31(29,30)18-10-8-17(23)9-11-18/h2-3,5-6,8-11,21H,4,7,12-16H2,1H3,(H,24,28)/t21-/m1/s1. The Labute approximate surface area is 188 Å². The van der Waals surface area contributed by atoms with Crippen molar-refractivity contribution in [2.45, 2.75) is 23.8 Å². The first-order chi connectivity index (χ1) is 14.9. The fourth-order valence-corrected chi connectivity index (χ4v) is 5.93. The Morgan fingerprint density at radius 2 is 1.68 bits per heavy atom. The van der Waals surface area contributed by atoms with Crippen LogP contribution in [0.5, 0.6) is 0 Å². The number of piperazine rings is 1. The normalized spacial score (nSPS) is 20.7. The molecule has 31 heavy (non-hydrogen) atoms. The molecule has 2 heterocycles. The molecular weight excluding hydrogens is 436 g/mol. The third-order valence-corrected chi connectivity index (χ3v) is 8.11. The Morgan fingerprint density at radius 1 is 1.00 bits per heavy atom. The highest BCUT2D eigenvalue weighted by atomic mass is 35.5. The number of hydrogen-bond donors (Lipinski definition) is 1. The van der Waals surface area contributed by atoms with Crippen LogP contribution in [0.1, 0.15) is 12.8 Å². The summed E-state index contributed by atoms with van der Waals surface area (Å²) >= 11 is 5.90. The predicted molar refractivity (Wildman–Crippen MR) is 123 cm³/mol. The summed E-state index contributed by atoms with van der Waals surface area (Å²) < 4.78 is 27.6. The fraction of sp³-hybridized carbons (Fsp3) is 0.409. The van der Waals surface area contributed by atoms with E-state index in [0.29, 0.717) is 30.1 Å². The van der Waals surface area contributed by atoms with E-state index in [1.807, 2.05) is 24.3 Å². The lowest BCUT2D eigenvalue weighted by atomic mass is 10.2. The Kier molecular flexibility index (Phi) is 6.52. The van der Waals surface area contributed by atoms with Gasteiger partial charge in [-0.2, -0.15) is 4.31 Å². The molecular formula is C22H27ClN4O3S. The van der Waals surface area contributed by atoms with E-state index in [2.05, 4.69) is 22.2 Å². The molecule has 0 saturated carbocycles. The number of benzene rings is 2. The average Bonchev–Trinajstić information content (AvgIpc) is 3.26. The van der Waals surface area contributed by atoms with Gasteiger partial charge in [0.1, 0.15) is 6.04 Å². The summed E-state index contributed by atoms with van der Waals surface area (Å²) in [6, 6.07) is 13.0. The van der Waals surface area contributed by atoms with Crippen molar-refractivity contribution in [3.05, 3.63) is 53.6 Å². The van der Waals surface area contributed by atoms with E-state index in [4.69, 9.17) is 11.6 Å². The summed E-state index contributed by atoms with van der Waals surface area (Å²) in [4.78, 5) is 17.9. The summed E-state index contributed by atoms with van der Waals surface area (Å²) in [7, 11) is -1.68. The molecule has 2 saturated heterocycles. The zero-order valence-corrected chi connectivity index (χ0v) is 19.1. The van der Waals surface area contributed by atoms with Gasteiger partial charge in [0.2, 0.25) is 15.9 Å². The summed E-state index contributed by atoms with van der Waals surface area (Å²) in [6.45, 7) is 3.99. The van der Waals surface area contributed by atoms with E-state index in [0.717, 1.165) is 31.9 Å². The van der Waals surface area contributed by atoms with Gasteiger partial charge in [-0.25, -0.2) is 8.42 Å².